The van der Waals surface area contributed by atoms with Gasteiger partial charge in [-0.05, 0) is 26.3 Å². The predicted molar refractivity (Wildman–Crippen MR) is 113 cm³/mol. The van der Waals surface area contributed by atoms with Crippen LogP contribution in [0.4, 0.5) is 0 Å². The highest BCUT2D eigenvalue weighted by atomic mass is 35.5. The van der Waals surface area contributed by atoms with E-state index < -0.39 is 0 Å². The third-order valence-electron chi connectivity index (χ3n) is 4.60. The van der Waals surface area contributed by atoms with Gasteiger partial charge in [-0.1, -0.05) is 23.8 Å². The van der Waals surface area contributed by atoms with E-state index in [0.717, 1.165) is 0 Å². The lowest BCUT2D eigenvalue weighted by molar-refractivity contribution is -0.122. The van der Waals surface area contributed by atoms with Gasteiger partial charge in [-0.25, -0.2) is 0 Å². The molecular weight excluding hydrogens is 394 g/mol. The molecule has 1 aliphatic rings. The average Bonchev–Trinajstić information content (AvgIpc) is 3.07. The number of carbonyl (C=O) groups excluding carboxylic acids is 1. The van der Waals surface area contributed by atoms with Crippen LogP contribution in [-0.2, 0) is 11.3 Å². The Kier molecular flexibility index (Phi) is 6.82. The van der Waals surface area contributed by atoms with Crippen molar-refractivity contribution in [3.8, 4) is 5.75 Å². The molecule has 7 nitrogen and oxygen atoms in total. The second-order valence-corrected chi connectivity index (χ2v) is 7.79. The maximum Gasteiger partial charge on any atom is 0.275 e. The van der Waals surface area contributed by atoms with Crippen molar-refractivity contribution in [3.63, 3.8) is 0 Å². The Morgan fingerprint density at radius 3 is 2.90 bits per heavy atom. The molecule has 0 aromatic carbocycles. The number of allylic oxidation sites excluding steroid dienone is 4. The van der Waals surface area contributed by atoms with Crippen LogP contribution in [0.25, 0.3) is 5.52 Å². The molecule has 1 atom stereocenters. The highest BCUT2D eigenvalue weighted by Crippen LogP contribution is 2.29. The second kappa shape index (κ2) is 9.33. The first-order valence-electron chi connectivity index (χ1n) is 9.71. The molecule has 2 aromatic heterocycles. The Morgan fingerprint density at radius 2 is 2.21 bits per heavy atom. The zero-order chi connectivity index (χ0) is 21.0. The van der Waals surface area contributed by atoms with E-state index >= 15 is 0 Å². The van der Waals surface area contributed by atoms with E-state index in [4.69, 9.17) is 21.4 Å². The van der Waals surface area contributed by atoms with Crippen LogP contribution < -0.4 is 15.6 Å². The fourth-order valence-electron chi connectivity index (χ4n) is 3.35. The number of amides is 1. The maximum absolute atomic E-state index is 13.2. The van der Waals surface area contributed by atoms with Gasteiger partial charge in [0.05, 0.1) is 12.8 Å². The van der Waals surface area contributed by atoms with Crippen LogP contribution >= 0.6 is 11.6 Å². The lowest BCUT2D eigenvalue weighted by Crippen LogP contribution is -2.37. The number of halogens is 1. The first-order valence-corrected chi connectivity index (χ1v) is 10.1. The molecule has 2 N–H and O–H groups in total. The van der Waals surface area contributed by atoms with E-state index in [0.29, 0.717) is 41.4 Å². The fraction of sp³-hybridized carbons (Fsp3) is 0.429. The topological polar surface area (TPSA) is 85.0 Å². The summed E-state index contributed by atoms with van der Waals surface area (Å²) in [5.74, 6) is 0.209. The van der Waals surface area contributed by atoms with Crippen LogP contribution in [0.5, 0.6) is 5.75 Å². The number of nitrogens with zero attached hydrogens (tertiary/aromatic N) is 2. The molecule has 0 bridgehead atoms. The van der Waals surface area contributed by atoms with Gasteiger partial charge in [0.15, 0.2) is 0 Å². The van der Waals surface area contributed by atoms with Crippen molar-refractivity contribution in [2.75, 3.05) is 13.2 Å². The van der Waals surface area contributed by atoms with Crippen LogP contribution in [-0.4, -0.2) is 39.2 Å². The van der Waals surface area contributed by atoms with E-state index in [1.54, 1.807) is 16.7 Å². The van der Waals surface area contributed by atoms with Crippen molar-refractivity contribution in [2.24, 2.45) is 0 Å². The lowest BCUT2D eigenvalue weighted by atomic mass is 9.97. The van der Waals surface area contributed by atoms with Crippen molar-refractivity contribution >= 4 is 23.0 Å². The minimum Gasteiger partial charge on any atom is -0.492 e. The normalized spacial score (nSPS) is 16.3. The standard InChI is InChI=1S/C21H26ClN3O4/c1-14(2)23-20(27)13-25-19(15-5-3-6-16(22)9-15)12-24-11-17(29-8-4-7-26)10-18(24)21(25)28/h3,6,9-12,14-15,26H,4-5,7-8,13H2,1-2H3,(H,23,27). The van der Waals surface area contributed by atoms with E-state index in [-0.39, 0.29) is 36.6 Å². The number of hydrogen-bond donors (Lipinski definition) is 2. The molecular formula is C21H26ClN3O4. The molecule has 1 aliphatic carbocycles. The summed E-state index contributed by atoms with van der Waals surface area (Å²) in [7, 11) is 0. The number of ether oxygens (including phenoxy) is 1. The molecule has 156 valence electrons. The van der Waals surface area contributed by atoms with Crippen molar-refractivity contribution in [1.82, 2.24) is 14.3 Å². The maximum atomic E-state index is 13.2. The molecule has 8 heteroatoms. The van der Waals surface area contributed by atoms with Gasteiger partial charge >= 0.3 is 0 Å². The summed E-state index contributed by atoms with van der Waals surface area (Å²) in [6.07, 6.45) is 10.5. The second-order valence-electron chi connectivity index (χ2n) is 7.36. The molecule has 1 amide bonds. The molecule has 0 spiro atoms. The minimum atomic E-state index is -0.266. The summed E-state index contributed by atoms with van der Waals surface area (Å²) >= 11 is 6.18. The van der Waals surface area contributed by atoms with E-state index in [9.17, 15) is 9.59 Å². The van der Waals surface area contributed by atoms with E-state index in [1.807, 2.05) is 38.3 Å². The molecule has 3 rings (SSSR count). The summed E-state index contributed by atoms with van der Waals surface area (Å²) in [4.78, 5) is 25.6. The summed E-state index contributed by atoms with van der Waals surface area (Å²) in [5, 5.41) is 12.4. The number of rotatable bonds is 8. The molecule has 0 saturated carbocycles. The summed E-state index contributed by atoms with van der Waals surface area (Å²) < 4.78 is 8.84. The molecule has 29 heavy (non-hydrogen) atoms. The van der Waals surface area contributed by atoms with Crippen molar-refractivity contribution in [3.05, 3.63) is 57.8 Å². The molecule has 0 fully saturated rings. The smallest absolute Gasteiger partial charge is 0.275 e. The number of fused-ring (bicyclic) bond motifs is 1. The number of aromatic nitrogens is 2. The molecule has 1 unspecified atom stereocenters. The van der Waals surface area contributed by atoms with Gasteiger partial charge in [-0.15, -0.1) is 0 Å². The molecule has 0 saturated heterocycles. The van der Waals surface area contributed by atoms with Crippen molar-refractivity contribution in [2.45, 2.75) is 45.2 Å². The van der Waals surface area contributed by atoms with Crippen molar-refractivity contribution in [1.29, 1.82) is 0 Å². The quantitative estimate of drug-likeness (QED) is 0.644. The van der Waals surface area contributed by atoms with Gasteiger partial charge < -0.3 is 19.6 Å². The van der Waals surface area contributed by atoms with Crippen molar-refractivity contribution < 1.29 is 14.6 Å². The number of aliphatic hydroxyl groups is 1. The third kappa shape index (κ3) is 5.10. The van der Waals surface area contributed by atoms with Crippen LogP contribution in [0.3, 0.4) is 0 Å². The highest BCUT2D eigenvalue weighted by Gasteiger charge is 2.21. The fourth-order valence-corrected chi connectivity index (χ4v) is 3.59. The minimum absolute atomic E-state index is 0.0165. The number of carbonyl (C=O) groups is 1. The number of hydrogen-bond acceptors (Lipinski definition) is 4. The van der Waals surface area contributed by atoms with E-state index in [1.165, 1.54) is 4.57 Å². The summed E-state index contributed by atoms with van der Waals surface area (Å²) in [6, 6.07) is 1.64. The summed E-state index contributed by atoms with van der Waals surface area (Å²) in [5.41, 5.74) is 0.866. The highest BCUT2D eigenvalue weighted by molar-refractivity contribution is 6.31. The summed E-state index contributed by atoms with van der Waals surface area (Å²) in [6.45, 7) is 4.08. The van der Waals surface area contributed by atoms with Gasteiger partial charge in [0.25, 0.3) is 5.56 Å². The molecule has 0 aliphatic heterocycles. The molecule has 2 heterocycles. The largest absolute Gasteiger partial charge is 0.492 e. The Labute approximate surface area is 174 Å². The third-order valence-corrected chi connectivity index (χ3v) is 4.85. The Balaban J connectivity index is 2.04. The lowest BCUT2D eigenvalue weighted by Gasteiger charge is -2.21. The van der Waals surface area contributed by atoms with Gasteiger partial charge in [0.1, 0.15) is 17.8 Å². The van der Waals surface area contributed by atoms with Gasteiger partial charge in [0.2, 0.25) is 5.91 Å². The van der Waals surface area contributed by atoms with Crippen LogP contribution in [0.1, 0.15) is 38.3 Å². The molecule has 2 aromatic rings. The number of nitrogens with one attached hydrogen (secondary N) is 1. The van der Waals surface area contributed by atoms with Crippen LogP contribution in [0.15, 0.2) is 46.5 Å². The van der Waals surface area contributed by atoms with Crippen LogP contribution in [0.2, 0.25) is 0 Å². The van der Waals surface area contributed by atoms with Gasteiger partial charge in [-0.3, -0.25) is 14.2 Å². The zero-order valence-electron chi connectivity index (χ0n) is 16.6. The monoisotopic (exact) mass is 419 g/mol. The predicted octanol–water partition coefficient (Wildman–Crippen LogP) is 2.55. The first-order chi connectivity index (χ1) is 13.9. The SMILES string of the molecule is CC(C)NC(=O)Cn1c(C2C=C(Cl)C=CC2)cn2cc(OCCCO)cc2c1=O. The Hall–Kier alpha value is -2.51. The first kappa shape index (κ1) is 21.2. The molecule has 0 radical (unpaired) electrons. The van der Waals surface area contributed by atoms with Gasteiger partial charge in [0, 0.05) is 48.0 Å². The zero-order valence-corrected chi connectivity index (χ0v) is 17.4. The van der Waals surface area contributed by atoms with Gasteiger partial charge in [-0.2, -0.15) is 0 Å². The average molecular weight is 420 g/mol. The number of aliphatic hydroxyl groups excluding tert-OH is 1. The van der Waals surface area contributed by atoms with E-state index in [2.05, 4.69) is 5.32 Å². The Bertz CT molecular complexity index is 1000. The Morgan fingerprint density at radius 1 is 1.41 bits per heavy atom. The van der Waals surface area contributed by atoms with Crippen LogP contribution in [0, 0.1) is 0 Å².